The van der Waals surface area contributed by atoms with Gasteiger partial charge in [0.1, 0.15) is 6.04 Å². The van der Waals surface area contributed by atoms with Gasteiger partial charge in [0, 0.05) is 5.92 Å². The van der Waals surface area contributed by atoms with E-state index in [0.717, 1.165) is 6.42 Å². The lowest BCUT2D eigenvalue weighted by Gasteiger charge is -2.16. The van der Waals surface area contributed by atoms with Crippen molar-refractivity contribution in [1.82, 2.24) is 5.32 Å². The Kier molecular flexibility index (Phi) is 5.20. The number of rotatable bonds is 5. The first-order chi connectivity index (χ1) is 6.34. The molecule has 2 N–H and O–H groups in total. The summed E-state index contributed by atoms with van der Waals surface area (Å²) in [6, 6.07) is -0.808. The molecule has 0 aromatic heterocycles. The first-order valence-electron chi connectivity index (χ1n) is 4.87. The minimum Gasteiger partial charge on any atom is -0.480 e. The van der Waals surface area contributed by atoms with Gasteiger partial charge in [0.2, 0.25) is 5.91 Å². The fourth-order valence-electron chi connectivity index (χ4n) is 1.23. The highest BCUT2D eigenvalue weighted by Crippen LogP contribution is 2.10. The number of amides is 1. The second-order valence-electron chi connectivity index (χ2n) is 4.10. The van der Waals surface area contributed by atoms with E-state index >= 15 is 0 Å². The predicted molar refractivity (Wildman–Crippen MR) is 53.9 cm³/mol. The number of hydrogen-bond donors (Lipinski definition) is 2. The molecule has 14 heavy (non-hydrogen) atoms. The zero-order valence-electron chi connectivity index (χ0n) is 9.20. The van der Waals surface area contributed by atoms with E-state index in [2.05, 4.69) is 5.32 Å². The maximum atomic E-state index is 11.4. The molecule has 0 aliphatic carbocycles. The van der Waals surface area contributed by atoms with Gasteiger partial charge in [-0.15, -0.1) is 0 Å². The summed E-state index contributed by atoms with van der Waals surface area (Å²) < 4.78 is 0. The molecular formula is C10H19NO3. The van der Waals surface area contributed by atoms with Crippen LogP contribution in [0.5, 0.6) is 0 Å². The monoisotopic (exact) mass is 201 g/mol. The van der Waals surface area contributed by atoms with Crippen molar-refractivity contribution in [2.24, 2.45) is 11.8 Å². The van der Waals surface area contributed by atoms with E-state index in [9.17, 15) is 9.59 Å². The van der Waals surface area contributed by atoms with Gasteiger partial charge in [-0.25, -0.2) is 0 Å². The molecule has 0 bridgehead atoms. The number of carbonyl (C=O) groups is 2. The summed E-state index contributed by atoms with van der Waals surface area (Å²) in [7, 11) is 0. The number of aliphatic carboxylic acids is 1. The standard InChI is InChI=1S/C10H19NO3/c1-6(2)5-7(3)9(12)11-8(4)10(13)14/h6-8H,5H2,1-4H3,(H,11,12)(H,13,14)/t7-,8+/m1/s1. The molecule has 0 aliphatic heterocycles. The lowest BCUT2D eigenvalue weighted by Crippen LogP contribution is -2.41. The number of carbonyl (C=O) groups excluding carboxylic acids is 1. The average molecular weight is 201 g/mol. The highest BCUT2D eigenvalue weighted by molar-refractivity contribution is 5.84. The largest absolute Gasteiger partial charge is 0.480 e. The van der Waals surface area contributed by atoms with E-state index in [1.54, 1.807) is 0 Å². The molecule has 0 spiro atoms. The number of carboxylic acid groups (broad SMARTS) is 1. The van der Waals surface area contributed by atoms with Gasteiger partial charge in [-0.3, -0.25) is 9.59 Å². The van der Waals surface area contributed by atoms with Crippen molar-refractivity contribution in [1.29, 1.82) is 0 Å². The fraction of sp³-hybridized carbons (Fsp3) is 0.800. The van der Waals surface area contributed by atoms with E-state index in [1.807, 2.05) is 20.8 Å². The molecular weight excluding hydrogens is 182 g/mol. The Morgan fingerprint density at radius 2 is 1.71 bits per heavy atom. The Morgan fingerprint density at radius 1 is 1.21 bits per heavy atom. The zero-order chi connectivity index (χ0) is 11.3. The molecule has 0 saturated heterocycles. The summed E-state index contributed by atoms with van der Waals surface area (Å²) >= 11 is 0. The molecule has 4 nitrogen and oxygen atoms in total. The van der Waals surface area contributed by atoms with Crippen molar-refractivity contribution in [3.05, 3.63) is 0 Å². The van der Waals surface area contributed by atoms with Crippen molar-refractivity contribution in [2.45, 2.75) is 40.2 Å². The molecule has 0 aromatic carbocycles. The highest BCUT2D eigenvalue weighted by Gasteiger charge is 2.19. The molecule has 0 rings (SSSR count). The van der Waals surface area contributed by atoms with E-state index in [1.165, 1.54) is 6.92 Å². The van der Waals surface area contributed by atoms with Crippen molar-refractivity contribution >= 4 is 11.9 Å². The molecule has 2 atom stereocenters. The van der Waals surface area contributed by atoms with Crippen LogP contribution >= 0.6 is 0 Å². The fourth-order valence-corrected chi connectivity index (χ4v) is 1.23. The summed E-state index contributed by atoms with van der Waals surface area (Å²) in [6.45, 7) is 7.33. The minimum absolute atomic E-state index is 0.128. The summed E-state index contributed by atoms with van der Waals surface area (Å²) in [5, 5.41) is 11.0. The summed E-state index contributed by atoms with van der Waals surface area (Å²) in [4.78, 5) is 21.9. The maximum absolute atomic E-state index is 11.4. The highest BCUT2D eigenvalue weighted by atomic mass is 16.4. The van der Waals surface area contributed by atoms with Crippen LogP contribution in [0.15, 0.2) is 0 Å². The molecule has 1 amide bonds. The average Bonchev–Trinajstić information content (AvgIpc) is 2.02. The third kappa shape index (κ3) is 4.84. The molecule has 0 radical (unpaired) electrons. The van der Waals surface area contributed by atoms with E-state index in [0.29, 0.717) is 5.92 Å². The second kappa shape index (κ2) is 5.62. The number of carboxylic acids is 1. The van der Waals surface area contributed by atoms with E-state index < -0.39 is 12.0 Å². The molecule has 0 unspecified atom stereocenters. The molecule has 0 heterocycles. The normalized spacial score (nSPS) is 14.9. The van der Waals surface area contributed by atoms with Crippen LogP contribution in [-0.2, 0) is 9.59 Å². The van der Waals surface area contributed by atoms with E-state index in [4.69, 9.17) is 5.11 Å². The Labute approximate surface area is 84.7 Å². The third-order valence-corrected chi connectivity index (χ3v) is 2.00. The van der Waals surface area contributed by atoms with Gasteiger partial charge in [0.25, 0.3) is 0 Å². The van der Waals surface area contributed by atoms with E-state index in [-0.39, 0.29) is 11.8 Å². The molecule has 4 heteroatoms. The molecule has 82 valence electrons. The third-order valence-electron chi connectivity index (χ3n) is 2.00. The lowest BCUT2D eigenvalue weighted by molar-refractivity contribution is -0.141. The first kappa shape index (κ1) is 12.9. The van der Waals surface area contributed by atoms with Gasteiger partial charge < -0.3 is 10.4 Å². The van der Waals surface area contributed by atoms with Crippen molar-refractivity contribution < 1.29 is 14.7 Å². The van der Waals surface area contributed by atoms with Crippen LogP contribution in [-0.4, -0.2) is 23.0 Å². The van der Waals surface area contributed by atoms with Gasteiger partial charge in [0.15, 0.2) is 0 Å². The van der Waals surface area contributed by atoms with Crippen molar-refractivity contribution in [2.75, 3.05) is 0 Å². The molecule has 0 aliphatic rings. The van der Waals surface area contributed by atoms with Crippen molar-refractivity contribution in [3.63, 3.8) is 0 Å². The molecule has 0 aromatic rings. The van der Waals surface area contributed by atoms with Crippen LogP contribution in [0.25, 0.3) is 0 Å². The van der Waals surface area contributed by atoms with Gasteiger partial charge >= 0.3 is 5.97 Å². The van der Waals surface area contributed by atoms with Crippen LogP contribution < -0.4 is 5.32 Å². The van der Waals surface area contributed by atoms with Crippen LogP contribution in [0.1, 0.15) is 34.1 Å². The van der Waals surface area contributed by atoms with Gasteiger partial charge in [0.05, 0.1) is 0 Å². The SMILES string of the molecule is CC(C)C[C@@H](C)C(=O)N[C@@H](C)C(=O)O. The number of hydrogen-bond acceptors (Lipinski definition) is 2. The smallest absolute Gasteiger partial charge is 0.325 e. The van der Waals surface area contributed by atoms with Gasteiger partial charge in [-0.1, -0.05) is 20.8 Å². The topological polar surface area (TPSA) is 66.4 Å². The second-order valence-corrected chi connectivity index (χ2v) is 4.10. The van der Waals surface area contributed by atoms with Crippen molar-refractivity contribution in [3.8, 4) is 0 Å². The Bertz CT molecular complexity index is 213. The lowest BCUT2D eigenvalue weighted by atomic mass is 9.98. The minimum atomic E-state index is -1.00. The summed E-state index contributed by atoms with van der Waals surface area (Å²) in [5.41, 5.74) is 0. The van der Waals surface area contributed by atoms with Gasteiger partial charge in [-0.05, 0) is 19.3 Å². The Morgan fingerprint density at radius 3 is 2.07 bits per heavy atom. The van der Waals surface area contributed by atoms with Crippen LogP contribution in [0, 0.1) is 11.8 Å². The summed E-state index contributed by atoms with van der Waals surface area (Å²) in [5.74, 6) is -0.878. The quantitative estimate of drug-likeness (QED) is 0.703. The van der Waals surface area contributed by atoms with Crippen LogP contribution in [0.3, 0.4) is 0 Å². The predicted octanol–water partition coefficient (Wildman–Crippen LogP) is 1.26. The number of nitrogens with one attached hydrogen (secondary N) is 1. The first-order valence-corrected chi connectivity index (χ1v) is 4.87. The van der Waals surface area contributed by atoms with Crippen LogP contribution in [0.2, 0.25) is 0 Å². The maximum Gasteiger partial charge on any atom is 0.325 e. The Balaban J connectivity index is 4.01. The zero-order valence-corrected chi connectivity index (χ0v) is 9.20. The van der Waals surface area contributed by atoms with Gasteiger partial charge in [-0.2, -0.15) is 0 Å². The molecule has 0 fully saturated rings. The Hall–Kier alpha value is -1.06. The molecule has 0 saturated carbocycles. The van der Waals surface area contributed by atoms with Crippen LogP contribution in [0.4, 0.5) is 0 Å². The summed E-state index contributed by atoms with van der Waals surface area (Å²) in [6.07, 6.45) is 0.776.